The molecule has 0 aliphatic heterocycles. The maximum Gasteiger partial charge on any atom is 0.271 e. The Kier molecular flexibility index (Phi) is 7.26. The third kappa shape index (κ3) is 5.03. The van der Waals surface area contributed by atoms with Crippen LogP contribution >= 0.6 is 0 Å². The van der Waals surface area contributed by atoms with Crippen molar-refractivity contribution in [2.24, 2.45) is 0 Å². The van der Waals surface area contributed by atoms with Gasteiger partial charge in [0, 0.05) is 17.1 Å². The van der Waals surface area contributed by atoms with Crippen molar-refractivity contribution in [1.82, 2.24) is 15.8 Å². The second kappa shape index (κ2) is 10.3. The number of hydrazine groups is 1. The van der Waals surface area contributed by atoms with Gasteiger partial charge in [0.15, 0.2) is 11.5 Å². The smallest absolute Gasteiger partial charge is 0.271 e. The maximum absolute atomic E-state index is 12.7. The quantitative estimate of drug-likeness (QED) is 0.538. The molecule has 0 spiro atoms. The Morgan fingerprint density at radius 2 is 1.45 bits per heavy atom. The largest absolute Gasteiger partial charge is 0.490 e. The highest BCUT2D eigenvalue weighted by Crippen LogP contribution is 2.39. The third-order valence-electron chi connectivity index (χ3n) is 4.34. The van der Waals surface area contributed by atoms with Crippen LogP contribution in [0.25, 0.3) is 10.9 Å². The molecule has 1 heterocycles. The summed E-state index contributed by atoms with van der Waals surface area (Å²) >= 11 is 0. The summed E-state index contributed by atoms with van der Waals surface area (Å²) in [6.07, 6.45) is 1.61. The number of fused-ring (bicyclic) bond motifs is 1. The molecule has 3 rings (SSSR count). The number of ether oxygens (including phenoxy) is 3. The van der Waals surface area contributed by atoms with E-state index in [2.05, 4.69) is 15.8 Å². The van der Waals surface area contributed by atoms with E-state index in [0.717, 1.165) is 5.39 Å². The molecule has 3 aromatic rings. The first-order chi connectivity index (χ1) is 15.1. The summed E-state index contributed by atoms with van der Waals surface area (Å²) in [6, 6.07) is 12.0. The summed E-state index contributed by atoms with van der Waals surface area (Å²) in [5.41, 5.74) is 6.04. The van der Waals surface area contributed by atoms with Crippen LogP contribution in [0.15, 0.2) is 48.7 Å². The van der Waals surface area contributed by atoms with Crippen molar-refractivity contribution in [3.63, 3.8) is 0 Å². The van der Waals surface area contributed by atoms with Gasteiger partial charge in [-0.25, -0.2) is 0 Å². The van der Waals surface area contributed by atoms with Crippen LogP contribution < -0.4 is 25.1 Å². The summed E-state index contributed by atoms with van der Waals surface area (Å²) in [5.74, 6) is 0.230. The van der Waals surface area contributed by atoms with Gasteiger partial charge in [-0.05, 0) is 45.0 Å². The fraction of sp³-hybridized carbons (Fsp3) is 0.261. The van der Waals surface area contributed by atoms with E-state index in [4.69, 9.17) is 14.2 Å². The molecule has 8 nitrogen and oxygen atoms in total. The summed E-state index contributed by atoms with van der Waals surface area (Å²) in [6.45, 7) is 6.72. The molecule has 0 fully saturated rings. The summed E-state index contributed by atoms with van der Waals surface area (Å²) in [4.78, 5) is 29.6. The molecule has 0 atom stereocenters. The van der Waals surface area contributed by atoms with E-state index in [1.807, 2.05) is 32.9 Å². The fourth-order valence-electron chi connectivity index (χ4n) is 3.06. The van der Waals surface area contributed by atoms with Crippen molar-refractivity contribution >= 4 is 22.7 Å². The van der Waals surface area contributed by atoms with Crippen LogP contribution in [-0.4, -0.2) is 36.6 Å². The van der Waals surface area contributed by atoms with Gasteiger partial charge in [-0.15, -0.1) is 0 Å². The average molecular weight is 423 g/mol. The van der Waals surface area contributed by atoms with E-state index in [-0.39, 0.29) is 5.56 Å². The van der Waals surface area contributed by atoms with E-state index < -0.39 is 11.8 Å². The lowest BCUT2D eigenvalue weighted by molar-refractivity contribution is 0.0847. The first-order valence-electron chi connectivity index (χ1n) is 10.1. The topological polar surface area (TPSA) is 98.8 Å². The van der Waals surface area contributed by atoms with Crippen molar-refractivity contribution in [2.75, 3.05) is 19.8 Å². The van der Waals surface area contributed by atoms with E-state index in [1.54, 1.807) is 36.5 Å². The van der Waals surface area contributed by atoms with Gasteiger partial charge in [0.1, 0.15) is 0 Å². The number of amides is 2. The highest BCUT2D eigenvalue weighted by Gasteiger charge is 2.19. The third-order valence-corrected chi connectivity index (χ3v) is 4.34. The zero-order valence-corrected chi connectivity index (χ0v) is 17.7. The number of hydrogen-bond donors (Lipinski definition) is 2. The van der Waals surface area contributed by atoms with Gasteiger partial charge in [0.2, 0.25) is 5.75 Å². The van der Waals surface area contributed by atoms with Crippen LogP contribution in [0.4, 0.5) is 0 Å². The maximum atomic E-state index is 12.7. The second-order valence-corrected chi connectivity index (χ2v) is 6.39. The van der Waals surface area contributed by atoms with Gasteiger partial charge >= 0.3 is 0 Å². The Bertz CT molecular complexity index is 1050. The Morgan fingerprint density at radius 3 is 2.10 bits per heavy atom. The minimum Gasteiger partial charge on any atom is -0.490 e. The molecule has 2 N–H and O–H groups in total. The Balaban J connectivity index is 1.81. The molecule has 0 radical (unpaired) electrons. The van der Waals surface area contributed by atoms with Crippen LogP contribution in [0.3, 0.4) is 0 Å². The van der Waals surface area contributed by atoms with Gasteiger partial charge in [0.05, 0.1) is 30.9 Å². The van der Waals surface area contributed by atoms with Crippen molar-refractivity contribution < 1.29 is 23.8 Å². The standard InChI is InChI=1S/C23H25N3O5/c1-4-29-18-13-16(14-19(30-5-2)21(18)31-6-3)22(27)25-26-23(28)17-11-7-9-15-10-8-12-24-20(15)17/h7-14H,4-6H2,1-3H3,(H,25,27)(H,26,28). The van der Waals surface area contributed by atoms with Gasteiger partial charge < -0.3 is 14.2 Å². The van der Waals surface area contributed by atoms with Gasteiger partial charge in [-0.2, -0.15) is 0 Å². The second-order valence-electron chi connectivity index (χ2n) is 6.39. The number of pyridine rings is 1. The number of hydrogen-bond acceptors (Lipinski definition) is 6. The summed E-state index contributed by atoms with van der Waals surface area (Å²) in [7, 11) is 0. The van der Waals surface area contributed by atoms with Crippen LogP contribution in [0.2, 0.25) is 0 Å². The number of nitrogens with zero attached hydrogens (tertiary/aromatic N) is 1. The van der Waals surface area contributed by atoms with Crippen LogP contribution in [0.5, 0.6) is 17.2 Å². The SMILES string of the molecule is CCOc1cc(C(=O)NNC(=O)c2cccc3cccnc23)cc(OCC)c1OCC. The number of carbonyl (C=O) groups is 2. The molecule has 2 amide bonds. The zero-order valence-electron chi connectivity index (χ0n) is 17.7. The molecule has 1 aromatic heterocycles. The number of carbonyl (C=O) groups excluding carboxylic acids is 2. The Hall–Kier alpha value is -3.81. The first-order valence-corrected chi connectivity index (χ1v) is 10.1. The Morgan fingerprint density at radius 1 is 0.839 bits per heavy atom. The minimum atomic E-state index is -0.522. The minimum absolute atomic E-state index is 0.256. The monoisotopic (exact) mass is 423 g/mol. The Labute approximate surface area is 180 Å². The molecule has 0 aliphatic carbocycles. The summed E-state index contributed by atoms with van der Waals surface area (Å²) in [5, 5.41) is 0.829. The van der Waals surface area contributed by atoms with Crippen LogP contribution in [-0.2, 0) is 0 Å². The number of para-hydroxylation sites is 1. The highest BCUT2D eigenvalue weighted by atomic mass is 16.5. The molecule has 0 saturated heterocycles. The lowest BCUT2D eigenvalue weighted by atomic mass is 10.1. The van der Waals surface area contributed by atoms with Crippen LogP contribution in [0, 0.1) is 0 Å². The molecule has 31 heavy (non-hydrogen) atoms. The molecule has 8 heteroatoms. The average Bonchev–Trinajstić information content (AvgIpc) is 2.79. The molecule has 0 saturated carbocycles. The molecule has 0 unspecified atom stereocenters. The lowest BCUT2D eigenvalue weighted by Gasteiger charge is -2.17. The lowest BCUT2D eigenvalue weighted by Crippen LogP contribution is -2.41. The molecular formula is C23H25N3O5. The van der Waals surface area contributed by atoms with Crippen molar-refractivity contribution in [1.29, 1.82) is 0 Å². The van der Waals surface area contributed by atoms with Gasteiger partial charge in [-0.3, -0.25) is 25.4 Å². The van der Waals surface area contributed by atoms with Gasteiger partial charge in [0.25, 0.3) is 11.8 Å². The van der Waals surface area contributed by atoms with Crippen molar-refractivity contribution in [3.05, 3.63) is 59.8 Å². The molecule has 2 aromatic carbocycles. The number of rotatable bonds is 8. The predicted molar refractivity (Wildman–Crippen MR) is 117 cm³/mol. The van der Waals surface area contributed by atoms with Gasteiger partial charge in [-0.1, -0.05) is 18.2 Å². The zero-order chi connectivity index (χ0) is 22.2. The van der Waals surface area contributed by atoms with E-state index in [9.17, 15) is 9.59 Å². The predicted octanol–water partition coefficient (Wildman–Crippen LogP) is 3.51. The van der Waals surface area contributed by atoms with Crippen LogP contribution in [0.1, 0.15) is 41.5 Å². The molecular weight excluding hydrogens is 398 g/mol. The van der Waals surface area contributed by atoms with E-state index >= 15 is 0 Å². The normalized spacial score (nSPS) is 10.4. The van der Waals surface area contributed by atoms with E-state index in [1.165, 1.54) is 0 Å². The summed E-state index contributed by atoms with van der Waals surface area (Å²) < 4.78 is 16.9. The van der Waals surface area contributed by atoms with E-state index in [0.29, 0.717) is 48.1 Å². The molecule has 162 valence electrons. The fourth-order valence-corrected chi connectivity index (χ4v) is 3.06. The number of aromatic nitrogens is 1. The number of nitrogens with one attached hydrogen (secondary N) is 2. The highest BCUT2D eigenvalue weighted by molar-refractivity contribution is 6.06. The van der Waals surface area contributed by atoms with Crippen molar-refractivity contribution in [3.8, 4) is 17.2 Å². The van der Waals surface area contributed by atoms with Crippen molar-refractivity contribution in [2.45, 2.75) is 20.8 Å². The first kappa shape index (κ1) is 21.9. The number of benzene rings is 2. The molecule has 0 aliphatic rings. The molecule has 0 bridgehead atoms.